The summed E-state index contributed by atoms with van der Waals surface area (Å²) in [5.74, 6) is -1.06. The summed E-state index contributed by atoms with van der Waals surface area (Å²) >= 11 is 0. The van der Waals surface area contributed by atoms with Crippen LogP contribution in [0.15, 0.2) is 0 Å². The molecule has 5 nitrogen and oxygen atoms in total. The van der Waals surface area contributed by atoms with Crippen molar-refractivity contribution in [2.24, 2.45) is 0 Å². The minimum Gasteiger partial charge on any atom is -0.480 e. The van der Waals surface area contributed by atoms with Gasteiger partial charge in [0.15, 0.2) is 0 Å². The number of aliphatic carboxylic acids is 1. The quantitative estimate of drug-likeness (QED) is 0.634. The number of ether oxygens (including phenoxy) is 1. The van der Waals surface area contributed by atoms with Gasteiger partial charge in [-0.3, -0.25) is 14.5 Å². The van der Waals surface area contributed by atoms with E-state index >= 15 is 0 Å². The number of nitrogens with zero attached hydrogens (tertiary/aromatic N) is 1. The lowest BCUT2D eigenvalue weighted by atomic mass is 10.1. The van der Waals surface area contributed by atoms with E-state index in [2.05, 4.69) is 4.74 Å². The van der Waals surface area contributed by atoms with E-state index in [0.29, 0.717) is 25.8 Å². The van der Waals surface area contributed by atoms with Crippen LogP contribution in [0.25, 0.3) is 0 Å². The molecule has 94 valence electrons. The molecule has 0 aliphatic carbocycles. The van der Waals surface area contributed by atoms with E-state index in [4.69, 9.17) is 5.11 Å². The van der Waals surface area contributed by atoms with Gasteiger partial charge >= 0.3 is 11.9 Å². The van der Waals surface area contributed by atoms with Gasteiger partial charge in [0, 0.05) is 6.42 Å². The number of carboxylic acid groups (broad SMARTS) is 1. The van der Waals surface area contributed by atoms with Crippen LogP contribution in [-0.2, 0) is 14.3 Å². The lowest BCUT2D eigenvalue weighted by Crippen LogP contribution is -2.39. The van der Waals surface area contributed by atoms with E-state index in [1.807, 2.05) is 6.92 Å². The first-order chi connectivity index (χ1) is 7.52. The molecule has 0 aromatic heterocycles. The lowest BCUT2D eigenvalue weighted by Gasteiger charge is -2.23. The number of esters is 1. The molecule has 1 N–H and O–H groups in total. The molecule has 0 aliphatic heterocycles. The van der Waals surface area contributed by atoms with Gasteiger partial charge in [0.1, 0.15) is 6.04 Å². The molecule has 0 bridgehead atoms. The van der Waals surface area contributed by atoms with Crippen molar-refractivity contribution in [1.82, 2.24) is 4.90 Å². The number of rotatable bonds is 8. The Kier molecular flexibility index (Phi) is 7.54. The first-order valence-electron chi connectivity index (χ1n) is 5.52. The number of carbonyl (C=O) groups excluding carboxylic acids is 1. The Balaban J connectivity index is 3.96. The van der Waals surface area contributed by atoms with E-state index in [0.717, 1.165) is 6.42 Å². The molecule has 16 heavy (non-hydrogen) atoms. The van der Waals surface area contributed by atoms with Gasteiger partial charge in [-0.25, -0.2) is 0 Å². The van der Waals surface area contributed by atoms with Crippen molar-refractivity contribution in [1.29, 1.82) is 0 Å². The molecule has 0 aromatic carbocycles. The highest BCUT2D eigenvalue weighted by Gasteiger charge is 2.21. The maximum atomic E-state index is 11.0. The second-order valence-corrected chi connectivity index (χ2v) is 3.80. The Labute approximate surface area is 96.4 Å². The van der Waals surface area contributed by atoms with Crippen molar-refractivity contribution < 1.29 is 19.4 Å². The summed E-state index contributed by atoms with van der Waals surface area (Å²) in [5.41, 5.74) is 0. The molecular weight excluding hydrogens is 210 g/mol. The second kappa shape index (κ2) is 8.10. The molecule has 0 saturated heterocycles. The highest BCUT2D eigenvalue weighted by atomic mass is 16.5. The van der Waals surface area contributed by atoms with Gasteiger partial charge < -0.3 is 9.84 Å². The minimum atomic E-state index is -0.803. The zero-order chi connectivity index (χ0) is 12.6. The molecule has 1 unspecified atom stereocenters. The van der Waals surface area contributed by atoms with Gasteiger partial charge in [-0.15, -0.1) is 0 Å². The van der Waals surface area contributed by atoms with Crippen LogP contribution in [0.5, 0.6) is 0 Å². The Morgan fingerprint density at radius 1 is 1.44 bits per heavy atom. The fourth-order valence-electron chi connectivity index (χ4n) is 1.54. The first kappa shape index (κ1) is 14.9. The normalized spacial score (nSPS) is 12.5. The second-order valence-electron chi connectivity index (χ2n) is 3.80. The largest absolute Gasteiger partial charge is 0.480 e. The summed E-state index contributed by atoms with van der Waals surface area (Å²) in [7, 11) is 3.12. The van der Waals surface area contributed by atoms with E-state index in [-0.39, 0.29) is 5.97 Å². The molecule has 0 heterocycles. The standard InChI is InChI=1S/C11H21NO4/c1-4-6-9(11(14)15)12(2)8-5-7-10(13)16-3/h9H,4-8H2,1-3H3,(H,14,15). The molecule has 0 aromatic rings. The van der Waals surface area contributed by atoms with Crippen LogP contribution in [0.4, 0.5) is 0 Å². The van der Waals surface area contributed by atoms with Crippen molar-refractivity contribution in [3.8, 4) is 0 Å². The molecule has 0 fully saturated rings. The summed E-state index contributed by atoms with van der Waals surface area (Å²) < 4.78 is 4.51. The number of likely N-dealkylation sites (N-methyl/N-ethyl adjacent to an activating group) is 1. The summed E-state index contributed by atoms with van der Waals surface area (Å²) in [6.45, 7) is 2.55. The van der Waals surface area contributed by atoms with Gasteiger partial charge in [0.2, 0.25) is 0 Å². The summed E-state index contributed by atoms with van der Waals surface area (Å²) in [6, 6.07) is -0.456. The van der Waals surface area contributed by atoms with Gasteiger partial charge in [0.05, 0.1) is 7.11 Å². The molecule has 0 saturated carbocycles. The number of carboxylic acids is 1. The van der Waals surface area contributed by atoms with Crippen molar-refractivity contribution in [3.05, 3.63) is 0 Å². The maximum Gasteiger partial charge on any atom is 0.320 e. The Morgan fingerprint density at radius 2 is 2.06 bits per heavy atom. The number of hydrogen-bond donors (Lipinski definition) is 1. The van der Waals surface area contributed by atoms with E-state index < -0.39 is 12.0 Å². The molecule has 0 amide bonds. The zero-order valence-corrected chi connectivity index (χ0v) is 10.2. The molecule has 0 spiro atoms. The van der Waals surface area contributed by atoms with Gasteiger partial charge in [-0.2, -0.15) is 0 Å². The molecule has 0 rings (SSSR count). The van der Waals surface area contributed by atoms with Gasteiger partial charge in [0.25, 0.3) is 0 Å². The summed E-state index contributed by atoms with van der Waals surface area (Å²) in [5, 5.41) is 9.00. The Bertz CT molecular complexity index is 230. The highest BCUT2D eigenvalue weighted by molar-refractivity contribution is 5.73. The summed E-state index contributed by atoms with van der Waals surface area (Å²) in [4.78, 5) is 23.6. The molecular formula is C11H21NO4. The lowest BCUT2D eigenvalue weighted by molar-refractivity contribution is -0.143. The number of hydrogen-bond acceptors (Lipinski definition) is 4. The topological polar surface area (TPSA) is 66.8 Å². The summed E-state index contributed by atoms with van der Waals surface area (Å²) in [6.07, 6.45) is 2.42. The van der Waals surface area contributed by atoms with Crippen LogP contribution >= 0.6 is 0 Å². The van der Waals surface area contributed by atoms with Gasteiger partial charge in [-0.1, -0.05) is 13.3 Å². The Morgan fingerprint density at radius 3 is 2.50 bits per heavy atom. The van der Waals surface area contributed by atoms with Crippen molar-refractivity contribution in [3.63, 3.8) is 0 Å². The molecule has 5 heteroatoms. The van der Waals surface area contributed by atoms with Crippen LogP contribution in [0, 0.1) is 0 Å². The fourth-order valence-corrected chi connectivity index (χ4v) is 1.54. The van der Waals surface area contributed by atoms with Crippen LogP contribution in [0.3, 0.4) is 0 Å². The molecule has 0 radical (unpaired) electrons. The van der Waals surface area contributed by atoms with Crippen molar-refractivity contribution in [2.75, 3.05) is 20.7 Å². The average Bonchev–Trinajstić information content (AvgIpc) is 2.24. The SMILES string of the molecule is CCCC(C(=O)O)N(C)CCCC(=O)OC. The Hall–Kier alpha value is -1.10. The monoisotopic (exact) mass is 231 g/mol. The number of carbonyl (C=O) groups is 2. The minimum absolute atomic E-state index is 0.254. The molecule has 0 aliphatic rings. The van der Waals surface area contributed by atoms with Crippen LogP contribution in [-0.4, -0.2) is 48.7 Å². The average molecular weight is 231 g/mol. The van der Waals surface area contributed by atoms with E-state index in [1.165, 1.54) is 7.11 Å². The van der Waals surface area contributed by atoms with Crippen LogP contribution in [0.1, 0.15) is 32.6 Å². The van der Waals surface area contributed by atoms with Crippen LogP contribution < -0.4 is 0 Å². The smallest absolute Gasteiger partial charge is 0.320 e. The van der Waals surface area contributed by atoms with Crippen molar-refractivity contribution >= 4 is 11.9 Å². The first-order valence-corrected chi connectivity index (χ1v) is 5.52. The third kappa shape index (κ3) is 5.70. The predicted octanol–water partition coefficient (Wildman–Crippen LogP) is 1.12. The fraction of sp³-hybridized carbons (Fsp3) is 0.818. The van der Waals surface area contributed by atoms with Crippen molar-refractivity contribution in [2.45, 2.75) is 38.6 Å². The highest BCUT2D eigenvalue weighted by Crippen LogP contribution is 2.07. The van der Waals surface area contributed by atoms with E-state index in [9.17, 15) is 9.59 Å². The predicted molar refractivity (Wildman–Crippen MR) is 60.2 cm³/mol. The third-order valence-corrected chi connectivity index (χ3v) is 2.50. The third-order valence-electron chi connectivity index (χ3n) is 2.50. The van der Waals surface area contributed by atoms with Crippen LogP contribution in [0.2, 0.25) is 0 Å². The van der Waals surface area contributed by atoms with Gasteiger partial charge in [-0.05, 0) is 26.4 Å². The number of methoxy groups -OCH3 is 1. The van der Waals surface area contributed by atoms with E-state index in [1.54, 1.807) is 11.9 Å². The molecule has 1 atom stereocenters. The maximum absolute atomic E-state index is 11.0. The zero-order valence-electron chi connectivity index (χ0n) is 10.2.